The molecule has 0 amide bonds. The van der Waals surface area contributed by atoms with Crippen molar-refractivity contribution in [3.05, 3.63) is 21.5 Å². The summed E-state index contributed by atoms with van der Waals surface area (Å²) in [4.78, 5) is 15.2. The van der Waals surface area contributed by atoms with Crippen LogP contribution in [0.25, 0.3) is 11.0 Å². The van der Waals surface area contributed by atoms with Crippen LogP contribution in [0.5, 0.6) is 0 Å². The molecule has 0 radical (unpaired) electrons. The molecule has 1 N–H and O–H groups in total. The second kappa shape index (κ2) is 3.06. The van der Waals surface area contributed by atoms with Gasteiger partial charge in [0, 0.05) is 16.7 Å². The average molecular weight is 287 g/mol. The molecule has 0 fully saturated rings. The Kier molecular flexibility index (Phi) is 2.03. The Hall–Kier alpha value is -0.980. The summed E-state index contributed by atoms with van der Waals surface area (Å²) in [5.74, 6) is -0.0462. The third kappa shape index (κ3) is 1.43. The minimum Gasteiger partial charge on any atom is -0.293 e. The van der Waals surface area contributed by atoms with Crippen molar-refractivity contribution in [1.29, 1.82) is 0 Å². The second-order valence-corrected chi connectivity index (χ2v) is 3.92. The number of halogens is 1. The van der Waals surface area contributed by atoms with Crippen molar-refractivity contribution in [3.8, 4) is 0 Å². The first-order valence-electron chi connectivity index (χ1n) is 3.69. The standard InChI is InChI=1S/C8H6IN3O/c1-4(13)7-6-2-5(9)3-10-8(6)12-11-7/h2-3H,1H3,(H,10,11,12). The molecule has 66 valence electrons. The number of hydrogen-bond acceptors (Lipinski definition) is 3. The maximum Gasteiger partial charge on any atom is 0.180 e. The lowest BCUT2D eigenvalue weighted by atomic mass is 10.2. The van der Waals surface area contributed by atoms with Gasteiger partial charge in [-0.25, -0.2) is 4.98 Å². The Balaban J connectivity index is 2.79. The average Bonchev–Trinajstić information content (AvgIpc) is 2.46. The summed E-state index contributed by atoms with van der Waals surface area (Å²) in [5, 5.41) is 7.40. The molecule has 0 aliphatic heterocycles. The quantitative estimate of drug-likeness (QED) is 0.642. The lowest BCUT2D eigenvalue weighted by molar-refractivity contribution is 0.101. The zero-order valence-corrected chi connectivity index (χ0v) is 8.99. The number of H-pyrrole nitrogens is 1. The van der Waals surface area contributed by atoms with Crippen LogP contribution >= 0.6 is 22.6 Å². The zero-order valence-electron chi connectivity index (χ0n) is 6.84. The minimum absolute atomic E-state index is 0.0462. The molecule has 0 unspecified atom stereocenters. The normalized spacial score (nSPS) is 10.6. The topological polar surface area (TPSA) is 58.6 Å². The summed E-state index contributed by atoms with van der Waals surface area (Å²) >= 11 is 2.15. The minimum atomic E-state index is -0.0462. The van der Waals surface area contributed by atoms with E-state index in [0.717, 1.165) is 8.96 Å². The molecular formula is C8H6IN3O. The van der Waals surface area contributed by atoms with Gasteiger partial charge in [-0.1, -0.05) is 0 Å². The fraction of sp³-hybridized carbons (Fsp3) is 0.125. The number of aromatic amines is 1. The second-order valence-electron chi connectivity index (χ2n) is 2.68. The summed E-state index contributed by atoms with van der Waals surface area (Å²) < 4.78 is 0.994. The fourth-order valence-corrected chi connectivity index (χ4v) is 1.60. The van der Waals surface area contributed by atoms with Crippen LogP contribution in [0.4, 0.5) is 0 Å². The number of nitrogens with one attached hydrogen (secondary N) is 1. The Morgan fingerprint density at radius 2 is 2.38 bits per heavy atom. The number of fused-ring (bicyclic) bond motifs is 1. The van der Waals surface area contributed by atoms with Crippen molar-refractivity contribution >= 4 is 39.4 Å². The number of aromatic nitrogens is 3. The van der Waals surface area contributed by atoms with Gasteiger partial charge >= 0.3 is 0 Å². The highest BCUT2D eigenvalue weighted by molar-refractivity contribution is 14.1. The third-order valence-corrected chi connectivity index (χ3v) is 2.31. The van der Waals surface area contributed by atoms with Crippen molar-refractivity contribution in [2.75, 3.05) is 0 Å². The molecule has 2 heterocycles. The van der Waals surface area contributed by atoms with Crippen LogP contribution < -0.4 is 0 Å². The SMILES string of the molecule is CC(=O)c1n[nH]c2ncc(I)cc12. The lowest BCUT2D eigenvalue weighted by Crippen LogP contribution is -1.92. The number of ketones is 1. The molecule has 4 nitrogen and oxygen atoms in total. The molecule has 5 heteroatoms. The molecular weight excluding hydrogens is 281 g/mol. The fourth-order valence-electron chi connectivity index (χ4n) is 1.15. The van der Waals surface area contributed by atoms with Gasteiger partial charge in [0.05, 0.1) is 5.39 Å². The number of carbonyl (C=O) groups excluding carboxylic acids is 1. The number of Topliss-reactive ketones (excluding diaryl/α,β-unsaturated/α-hetero) is 1. The molecule has 0 aromatic carbocycles. The van der Waals surface area contributed by atoms with E-state index in [1.54, 1.807) is 6.20 Å². The Morgan fingerprint density at radius 1 is 1.62 bits per heavy atom. The van der Waals surface area contributed by atoms with E-state index in [9.17, 15) is 4.79 Å². The van der Waals surface area contributed by atoms with Crippen LogP contribution in [-0.2, 0) is 0 Å². The van der Waals surface area contributed by atoms with Crippen LogP contribution in [0.15, 0.2) is 12.3 Å². The molecule has 0 saturated carbocycles. The van der Waals surface area contributed by atoms with Crippen molar-refractivity contribution in [2.24, 2.45) is 0 Å². The van der Waals surface area contributed by atoms with Crippen LogP contribution in [0.2, 0.25) is 0 Å². The largest absolute Gasteiger partial charge is 0.293 e. The molecule has 0 spiro atoms. The maximum absolute atomic E-state index is 11.1. The van der Waals surface area contributed by atoms with Gasteiger partial charge in [0.2, 0.25) is 0 Å². The van der Waals surface area contributed by atoms with Crippen LogP contribution in [0.1, 0.15) is 17.4 Å². The van der Waals surface area contributed by atoms with E-state index in [0.29, 0.717) is 11.3 Å². The molecule has 0 saturated heterocycles. The Labute approximate surface area is 87.9 Å². The predicted molar refractivity (Wildman–Crippen MR) is 56.6 cm³/mol. The highest BCUT2D eigenvalue weighted by atomic mass is 127. The summed E-state index contributed by atoms with van der Waals surface area (Å²) in [7, 11) is 0. The van der Waals surface area contributed by atoms with E-state index in [-0.39, 0.29) is 5.78 Å². The number of pyridine rings is 1. The molecule has 13 heavy (non-hydrogen) atoms. The first-order valence-corrected chi connectivity index (χ1v) is 4.77. The van der Waals surface area contributed by atoms with Gasteiger partial charge in [-0.3, -0.25) is 9.89 Å². The molecule has 0 aliphatic carbocycles. The van der Waals surface area contributed by atoms with E-state index >= 15 is 0 Å². The first kappa shape index (κ1) is 8.61. The summed E-state index contributed by atoms with van der Waals surface area (Å²) in [6.07, 6.45) is 1.73. The summed E-state index contributed by atoms with van der Waals surface area (Å²) in [6, 6.07) is 1.89. The van der Waals surface area contributed by atoms with Crippen LogP contribution in [0, 0.1) is 3.57 Å². The van der Waals surface area contributed by atoms with Gasteiger partial charge in [0.1, 0.15) is 5.69 Å². The van der Waals surface area contributed by atoms with Crippen molar-refractivity contribution < 1.29 is 4.79 Å². The predicted octanol–water partition coefficient (Wildman–Crippen LogP) is 1.77. The number of carbonyl (C=O) groups is 1. The van der Waals surface area contributed by atoms with Gasteiger partial charge in [0.15, 0.2) is 11.4 Å². The molecule has 2 aromatic rings. The smallest absolute Gasteiger partial charge is 0.180 e. The van der Waals surface area contributed by atoms with Crippen LogP contribution in [0.3, 0.4) is 0 Å². The molecule has 2 rings (SSSR count). The van der Waals surface area contributed by atoms with Crippen molar-refractivity contribution in [2.45, 2.75) is 6.92 Å². The number of rotatable bonds is 1. The Bertz CT molecular complexity index is 477. The zero-order chi connectivity index (χ0) is 9.42. The van der Waals surface area contributed by atoms with E-state index < -0.39 is 0 Å². The Morgan fingerprint density at radius 3 is 3.08 bits per heavy atom. The van der Waals surface area contributed by atoms with E-state index in [2.05, 4.69) is 37.8 Å². The molecule has 0 bridgehead atoms. The van der Waals surface area contributed by atoms with Crippen molar-refractivity contribution in [1.82, 2.24) is 15.2 Å². The maximum atomic E-state index is 11.1. The highest BCUT2D eigenvalue weighted by Crippen LogP contribution is 2.16. The monoisotopic (exact) mass is 287 g/mol. The van der Waals surface area contributed by atoms with Gasteiger partial charge in [-0.15, -0.1) is 0 Å². The van der Waals surface area contributed by atoms with E-state index in [1.807, 2.05) is 6.07 Å². The van der Waals surface area contributed by atoms with Crippen LogP contribution in [-0.4, -0.2) is 21.0 Å². The molecule has 2 aromatic heterocycles. The number of hydrogen-bond donors (Lipinski definition) is 1. The van der Waals surface area contributed by atoms with E-state index in [4.69, 9.17) is 0 Å². The number of nitrogens with zero attached hydrogens (tertiary/aromatic N) is 2. The summed E-state index contributed by atoms with van der Waals surface area (Å²) in [5.41, 5.74) is 1.12. The van der Waals surface area contributed by atoms with Gasteiger partial charge in [-0.05, 0) is 28.7 Å². The lowest BCUT2D eigenvalue weighted by Gasteiger charge is -1.91. The summed E-state index contributed by atoms with van der Waals surface area (Å²) in [6.45, 7) is 1.50. The highest BCUT2D eigenvalue weighted by Gasteiger charge is 2.10. The third-order valence-electron chi connectivity index (χ3n) is 1.72. The molecule has 0 atom stereocenters. The van der Waals surface area contributed by atoms with Crippen molar-refractivity contribution in [3.63, 3.8) is 0 Å². The molecule has 0 aliphatic rings. The first-order chi connectivity index (χ1) is 6.18. The van der Waals surface area contributed by atoms with E-state index in [1.165, 1.54) is 6.92 Å². The van der Waals surface area contributed by atoms with Gasteiger partial charge in [0.25, 0.3) is 0 Å². The van der Waals surface area contributed by atoms with Gasteiger partial charge < -0.3 is 0 Å². The van der Waals surface area contributed by atoms with Gasteiger partial charge in [-0.2, -0.15) is 5.10 Å².